The second kappa shape index (κ2) is 7.69. The third-order valence-corrected chi connectivity index (χ3v) is 5.26. The van der Waals surface area contributed by atoms with E-state index in [-0.39, 0.29) is 17.4 Å². The molecular formula is C21H18N8O3. The Kier molecular flexibility index (Phi) is 4.70. The summed E-state index contributed by atoms with van der Waals surface area (Å²) >= 11 is 0. The fourth-order valence-electron chi connectivity index (χ4n) is 3.74. The highest BCUT2D eigenvalue weighted by Crippen LogP contribution is 2.26. The highest BCUT2D eigenvalue weighted by atomic mass is 16.2. The van der Waals surface area contributed by atoms with Crippen LogP contribution in [0.4, 0.5) is 11.5 Å². The van der Waals surface area contributed by atoms with Crippen LogP contribution in [0.15, 0.2) is 53.3 Å². The molecule has 4 aromatic rings. The molecule has 5 rings (SSSR count). The van der Waals surface area contributed by atoms with Gasteiger partial charge in [0.2, 0.25) is 0 Å². The number of nitrogens with zero attached hydrogens (tertiary/aromatic N) is 6. The first-order valence-electron chi connectivity index (χ1n) is 10.0. The van der Waals surface area contributed by atoms with Gasteiger partial charge < -0.3 is 5.32 Å². The van der Waals surface area contributed by atoms with E-state index in [0.717, 1.165) is 0 Å². The number of hydrogen-bond acceptors (Lipinski definition) is 8. The Balaban J connectivity index is 1.59. The number of carbonyl (C=O) groups is 2. The molecule has 0 spiro atoms. The van der Waals surface area contributed by atoms with E-state index in [0.29, 0.717) is 41.1 Å². The number of nitrogens with one attached hydrogen (secondary N) is 2. The van der Waals surface area contributed by atoms with Gasteiger partial charge in [-0.1, -0.05) is 25.1 Å². The van der Waals surface area contributed by atoms with Gasteiger partial charge in [0.25, 0.3) is 11.5 Å². The molecule has 160 valence electrons. The van der Waals surface area contributed by atoms with Crippen LogP contribution in [0.3, 0.4) is 0 Å². The molecule has 0 bridgehead atoms. The van der Waals surface area contributed by atoms with Gasteiger partial charge >= 0.3 is 0 Å². The van der Waals surface area contributed by atoms with Crippen molar-refractivity contribution in [3.63, 3.8) is 0 Å². The number of fused-ring (bicyclic) bond motifs is 2. The van der Waals surface area contributed by atoms with E-state index in [2.05, 4.69) is 31.4 Å². The lowest BCUT2D eigenvalue weighted by molar-refractivity contribution is 0.0949. The number of rotatable bonds is 4. The number of hydrogen-bond donors (Lipinski definition) is 2. The summed E-state index contributed by atoms with van der Waals surface area (Å²) in [5, 5.41) is 18.0. The molecule has 1 aliphatic rings. The number of benzene rings is 1. The number of amides is 1. The van der Waals surface area contributed by atoms with Crippen molar-refractivity contribution in [1.82, 2.24) is 29.9 Å². The van der Waals surface area contributed by atoms with Crippen molar-refractivity contribution in [3.05, 3.63) is 75.7 Å². The first-order valence-corrected chi connectivity index (χ1v) is 10.0. The molecule has 3 heterocycles. The third-order valence-electron chi connectivity index (χ3n) is 5.26. The summed E-state index contributed by atoms with van der Waals surface area (Å²) in [7, 11) is 0. The van der Waals surface area contributed by atoms with Gasteiger partial charge in [-0.15, -0.1) is 14.8 Å². The maximum Gasteiger partial charge on any atom is 0.293 e. The highest BCUT2D eigenvalue weighted by Gasteiger charge is 2.28. The van der Waals surface area contributed by atoms with Crippen LogP contribution in [0.2, 0.25) is 0 Å². The Morgan fingerprint density at radius 2 is 1.91 bits per heavy atom. The highest BCUT2D eigenvalue weighted by molar-refractivity contribution is 6.05. The molecule has 11 heteroatoms. The van der Waals surface area contributed by atoms with Crippen LogP contribution in [0, 0.1) is 5.92 Å². The monoisotopic (exact) mass is 430 g/mol. The molecule has 1 unspecified atom stereocenters. The van der Waals surface area contributed by atoms with E-state index in [9.17, 15) is 14.4 Å². The summed E-state index contributed by atoms with van der Waals surface area (Å²) in [6.07, 6.45) is 0.884. The van der Waals surface area contributed by atoms with E-state index in [4.69, 9.17) is 0 Å². The minimum absolute atomic E-state index is 0.00323. The Hall–Kier alpha value is -4.41. The number of carbonyl (C=O) groups excluding carboxylic acids is 2. The fraction of sp³-hybridized carbons (Fsp3) is 0.190. The van der Waals surface area contributed by atoms with Gasteiger partial charge in [-0.25, -0.2) is 4.68 Å². The van der Waals surface area contributed by atoms with Crippen LogP contribution in [-0.4, -0.2) is 41.6 Å². The van der Waals surface area contributed by atoms with Gasteiger partial charge in [0.15, 0.2) is 17.2 Å². The molecule has 3 aromatic heterocycles. The predicted molar refractivity (Wildman–Crippen MR) is 115 cm³/mol. The summed E-state index contributed by atoms with van der Waals surface area (Å²) in [6.45, 7) is 1.95. The minimum atomic E-state index is -0.506. The van der Waals surface area contributed by atoms with E-state index < -0.39 is 11.5 Å². The zero-order chi connectivity index (χ0) is 22.2. The summed E-state index contributed by atoms with van der Waals surface area (Å²) in [5.41, 5.74) is 4.21. The van der Waals surface area contributed by atoms with Gasteiger partial charge in [0.05, 0.1) is 5.69 Å². The van der Waals surface area contributed by atoms with Crippen molar-refractivity contribution in [2.24, 2.45) is 5.92 Å². The van der Waals surface area contributed by atoms with E-state index in [1.807, 2.05) is 6.92 Å². The molecule has 0 fully saturated rings. The van der Waals surface area contributed by atoms with Crippen molar-refractivity contribution in [1.29, 1.82) is 0 Å². The van der Waals surface area contributed by atoms with Gasteiger partial charge in [-0.05, 0) is 53.1 Å². The Morgan fingerprint density at radius 1 is 1.09 bits per heavy atom. The SMILES string of the molecule is CC1CC(=O)c2cc(NC(=O)c3ccccc3)c(=O)n(Nc3ccc4nnnn4n3)c2C1. The van der Waals surface area contributed by atoms with E-state index >= 15 is 0 Å². The van der Waals surface area contributed by atoms with Crippen LogP contribution in [0.1, 0.15) is 39.8 Å². The molecule has 0 saturated heterocycles. The normalized spacial score (nSPS) is 15.4. The predicted octanol–water partition coefficient (Wildman–Crippen LogP) is 1.57. The summed E-state index contributed by atoms with van der Waals surface area (Å²) in [6, 6.07) is 13.3. The number of tetrazole rings is 1. The average molecular weight is 430 g/mol. The molecule has 0 saturated carbocycles. The van der Waals surface area contributed by atoms with Gasteiger partial charge in [0, 0.05) is 17.5 Å². The molecule has 0 radical (unpaired) electrons. The quantitative estimate of drug-likeness (QED) is 0.498. The molecule has 11 nitrogen and oxygen atoms in total. The number of Topliss-reactive ketones (excluding diaryl/α,β-unsaturated/α-hetero) is 1. The van der Waals surface area contributed by atoms with Crippen LogP contribution in [-0.2, 0) is 6.42 Å². The van der Waals surface area contributed by atoms with Crippen molar-refractivity contribution in [2.75, 3.05) is 10.7 Å². The average Bonchev–Trinajstić information content (AvgIpc) is 3.25. The second-order valence-electron chi connectivity index (χ2n) is 7.67. The number of pyridine rings is 1. The molecular weight excluding hydrogens is 412 g/mol. The lowest BCUT2D eigenvalue weighted by Crippen LogP contribution is -2.37. The van der Waals surface area contributed by atoms with Crippen molar-refractivity contribution >= 4 is 28.8 Å². The molecule has 2 N–H and O–H groups in total. The summed E-state index contributed by atoms with van der Waals surface area (Å²) < 4.78 is 2.48. The number of ketones is 1. The van der Waals surface area contributed by atoms with Gasteiger partial charge in [0.1, 0.15) is 5.69 Å². The summed E-state index contributed by atoms with van der Waals surface area (Å²) in [4.78, 5) is 38.7. The fourth-order valence-corrected chi connectivity index (χ4v) is 3.74. The third kappa shape index (κ3) is 3.49. The smallest absolute Gasteiger partial charge is 0.293 e. The first-order chi connectivity index (χ1) is 15.5. The van der Waals surface area contributed by atoms with Crippen molar-refractivity contribution in [2.45, 2.75) is 19.8 Å². The van der Waals surface area contributed by atoms with Crippen LogP contribution in [0.5, 0.6) is 0 Å². The molecule has 32 heavy (non-hydrogen) atoms. The molecule has 0 aliphatic heterocycles. The Morgan fingerprint density at radius 3 is 2.72 bits per heavy atom. The van der Waals surface area contributed by atoms with Crippen molar-refractivity contribution < 1.29 is 9.59 Å². The van der Waals surface area contributed by atoms with Gasteiger partial charge in [-0.2, -0.15) is 0 Å². The van der Waals surface area contributed by atoms with Crippen LogP contribution in [0.25, 0.3) is 5.65 Å². The number of aromatic nitrogens is 6. The molecule has 1 atom stereocenters. The standard InChI is InChI=1S/C21H18N8O3/c1-12-9-16-14(17(30)10-12)11-15(22-20(31)13-5-3-2-4-6-13)21(32)28(16)24-18-7-8-19-23-26-27-29(19)25-18/h2-8,11-12H,9-10H2,1H3,(H,22,31)(H,24,25). The zero-order valence-corrected chi connectivity index (χ0v) is 17.0. The maximum atomic E-state index is 13.3. The maximum absolute atomic E-state index is 13.3. The molecule has 1 aromatic carbocycles. The van der Waals surface area contributed by atoms with Crippen LogP contribution < -0.4 is 16.3 Å². The summed E-state index contributed by atoms with van der Waals surface area (Å²) in [5.74, 6) is -0.166. The topological polar surface area (TPSA) is 136 Å². The minimum Gasteiger partial charge on any atom is -0.317 e. The Labute approximate surface area is 181 Å². The number of anilines is 2. The lowest BCUT2D eigenvalue weighted by atomic mass is 9.87. The molecule has 1 aliphatic carbocycles. The Bertz CT molecular complexity index is 1410. The first kappa shape index (κ1) is 19.5. The molecule has 1 amide bonds. The lowest BCUT2D eigenvalue weighted by Gasteiger charge is -2.25. The zero-order valence-electron chi connectivity index (χ0n) is 17.0. The van der Waals surface area contributed by atoms with Gasteiger partial charge in [-0.3, -0.25) is 19.8 Å². The van der Waals surface area contributed by atoms with E-state index in [1.54, 1.807) is 42.5 Å². The largest absolute Gasteiger partial charge is 0.317 e. The van der Waals surface area contributed by atoms with Crippen molar-refractivity contribution in [3.8, 4) is 0 Å². The second-order valence-corrected chi connectivity index (χ2v) is 7.67. The van der Waals surface area contributed by atoms with E-state index in [1.165, 1.54) is 15.4 Å². The van der Waals surface area contributed by atoms with Crippen LogP contribution >= 0.6 is 0 Å².